The Morgan fingerprint density at radius 1 is 1.14 bits per heavy atom. The first-order valence-electron chi connectivity index (χ1n) is 3.70. The molecule has 1 N–H and O–H groups in total. The zero-order valence-electron chi connectivity index (χ0n) is 7.99. The van der Waals surface area contributed by atoms with E-state index in [0.717, 1.165) is 20.8 Å². The topological polar surface area (TPSA) is 97.7 Å². The summed E-state index contributed by atoms with van der Waals surface area (Å²) in [5.41, 5.74) is -2.40. The Kier molecular flexibility index (Phi) is 3.64. The summed E-state index contributed by atoms with van der Waals surface area (Å²) in [7, 11) is 0. The average Bonchev–Trinajstić information content (AvgIpc) is 2.03. The molecule has 0 heterocycles. The fourth-order valence-electron chi connectivity index (χ4n) is 0.399. The Morgan fingerprint density at radius 2 is 1.57 bits per heavy atom. The molecule has 0 aliphatic heterocycles. The first kappa shape index (κ1) is 12.4. The van der Waals surface area contributed by atoms with Gasteiger partial charge in [0.1, 0.15) is 0 Å². The summed E-state index contributed by atoms with van der Waals surface area (Å²) in [5.74, 6) is -4.72. The third-order valence-corrected chi connectivity index (χ3v) is 1.56. The van der Waals surface area contributed by atoms with Gasteiger partial charge in [0.25, 0.3) is 0 Å². The maximum atomic E-state index is 11.0. The quantitative estimate of drug-likeness (QED) is 0.357. The van der Waals surface area contributed by atoms with Crippen LogP contribution in [0.25, 0.3) is 0 Å². The molecule has 0 radical (unpaired) electrons. The highest BCUT2D eigenvalue weighted by atomic mass is 16.6. The predicted molar refractivity (Wildman–Crippen MR) is 43.1 cm³/mol. The molecule has 0 saturated carbocycles. The van der Waals surface area contributed by atoms with Crippen molar-refractivity contribution in [2.24, 2.45) is 0 Å². The number of ketones is 2. The second kappa shape index (κ2) is 4.10. The molecular formula is C8H10O6. The van der Waals surface area contributed by atoms with Crippen molar-refractivity contribution < 1.29 is 29.0 Å². The fourth-order valence-corrected chi connectivity index (χ4v) is 0.399. The zero-order chi connectivity index (χ0) is 11.5. The van der Waals surface area contributed by atoms with Crippen LogP contribution in [0.1, 0.15) is 20.8 Å². The molecule has 0 aliphatic carbocycles. The van der Waals surface area contributed by atoms with Crippen molar-refractivity contribution in [1.82, 2.24) is 0 Å². The van der Waals surface area contributed by atoms with Gasteiger partial charge in [-0.25, -0.2) is 9.59 Å². The van der Waals surface area contributed by atoms with Crippen LogP contribution in [0.3, 0.4) is 0 Å². The van der Waals surface area contributed by atoms with Crippen molar-refractivity contribution in [3.8, 4) is 0 Å². The molecule has 0 bridgehead atoms. The van der Waals surface area contributed by atoms with Crippen molar-refractivity contribution in [2.45, 2.75) is 26.4 Å². The minimum atomic E-state index is -2.40. The standard InChI is InChI=1S/C8H10O6/c1-4(9)6(11)14-7(12)8(3,13)5(2)10/h13H,1-3H3. The highest BCUT2D eigenvalue weighted by molar-refractivity contribution is 6.34. The molecule has 0 amide bonds. The Hall–Kier alpha value is -1.56. The minimum Gasteiger partial charge on any atom is -0.385 e. The Bertz CT molecular complexity index is 301. The SMILES string of the molecule is CC(=O)C(=O)OC(=O)C(C)(O)C(C)=O. The largest absolute Gasteiger partial charge is 0.385 e. The van der Waals surface area contributed by atoms with Gasteiger partial charge in [-0.15, -0.1) is 0 Å². The summed E-state index contributed by atoms with van der Waals surface area (Å²) in [6, 6.07) is 0. The van der Waals surface area contributed by atoms with Crippen LogP contribution in [-0.4, -0.2) is 34.2 Å². The van der Waals surface area contributed by atoms with E-state index in [9.17, 15) is 24.3 Å². The van der Waals surface area contributed by atoms with Gasteiger partial charge in [-0.1, -0.05) is 0 Å². The van der Waals surface area contributed by atoms with Crippen molar-refractivity contribution in [3.05, 3.63) is 0 Å². The van der Waals surface area contributed by atoms with Gasteiger partial charge in [-0.2, -0.15) is 0 Å². The number of esters is 2. The van der Waals surface area contributed by atoms with Crippen LogP contribution in [0.5, 0.6) is 0 Å². The molecule has 0 saturated heterocycles. The molecule has 0 aromatic rings. The van der Waals surface area contributed by atoms with E-state index in [4.69, 9.17) is 0 Å². The van der Waals surface area contributed by atoms with Gasteiger partial charge in [-0.05, 0) is 13.8 Å². The van der Waals surface area contributed by atoms with E-state index in [2.05, 4.69) is 4.74 Å². The molecule has 0 spiro atoms. The van der Waals surface area contributed by atoms with Crippen LogP contribution in [0.2, 0.25) is 0 Å². The van der Waals surface area contributed by atoms with Crippen molar-refractivity contribution in [3.63, 3.8) is 0 Å². The summed E-state index contributed by atoms with van der Waals surface area (Å²) in [6.45, 7) is 2.74. The Morgan fingerprint density at radius 3 is 1.86 bits per heavy atom. The van der Waals surface area contributed by atoms with Gasteiger partial charge < -0.3 is 9.84 Å². The molecule has 6 nitrogen and oxygen atoms in total. The van der Waals surface area contributed by atoms with E-state index < -0.39 is 29.1 Å². The second-order valence-corrected chi connectivity index (χ2v) is 2.86. The molecule has 6 heteroatoms. The third kappa shape index (κ3) is 2.74. The van der Waals surface area contributed by atoms with Crippen molar-refractivity contribution in [1.29, 1.82) is 0 Å². The monoisotopic (exact) mass is 202 g/mol. The first-order valence-corrected chi connectivity index (χ1v) is 3.70. The maximum Gasteiger partial charge on any atom is 0.382 e. The number of aliphatic hydroxyl groups is 1. The van der Waals surface area contributed by atoms with Crippen LogP contribution in [0.15, 0.2) is 0 Å². The molecule has 1 atom stereocenters. The Labute approximate surface area is 79.8 Å². The number of carbonyl (C=O) groups excluding carboxylic acids is 4. The van der Waals surface area contributed by atoms with Gasteiger partial charge in [-0.3, -0.25) is 9.59 Å². The minimum absolute atomic E-state index is 0.876. The molecule has 0 fully saturated rings. The van der Waals surface area contributed by atoms with Gasteiger partial charge >= 0.3 is 11.9 Å². The van der Waals surface area contributed by atoms with Crippen molar-refractivity contribution in [2.75, 3.05) is 0 Å². The number of carbonyl (C=O) groups is 4. The van der Waals surface area contributed by atoms with Crippen molar-refractivity contribution >= 4 is 23.5 Å². The van der Waals surface area contributed by atoms with Crippen LogP contribution in [0, 0.1) is 0 Å². The van der Waals surface area contributed by atoms with Crippen LogP contribution in [0.4, 0.5) is 0 Å². The highest BCUT2D eigenvalue weighted by Crippen LogP contribution is 2.07. The molecule has 0 aromatic heterocycles. The van der Waals surface area contributed by atoms with Gasteiger partial charge in [0.15, 0.2) is 5.78 Å². The highest BCUT2D eigenvalue weighted by Gasteiger charge is 2.39. The van der Waals surface area contributed by atoms with Gasteiger partial charge in [0, 0.05) is 6.92 Å². The normalized spacial score (nSPS) is 14.0. The molecule has 1 unspecified atom stereocenters. The number of hydrogen-bond acceptors (Lipinski definition) is 6. The van der Waals surface area contributed by atoms with Crippen LogP contribution >= 0.6 is 0 Å². The summed E-state index contributed by atoms with van der Waals surface area (Å²) in [6.07, 6.45) is 0. The molecule has 14 heavy (non-hydrogen) atoms. The number of ether oxygens (including phenoxy) is 1. The van der Waals surface area contributed by atoms with Gasteiger partial charge in [0.05, 0.1) is 0 Å². The second-order valence-electron chi connectivity index (χ2n) is 2.86. The number of hydrogen-bond donors (Lipinski definition) is 1. The lowest BCUT2D eigenvalue weighted by Gasteiger charge is -2.15. The van der Waals surface area contributed by atoms with E-state index in [-0.39, 0.29) is 0 Å². The van der Waals surface area contributed by atoms with Crippen LogP contribution < -0.4 is 0 Å². The maximum absolute atomic E-state index is 11.0. The third-order valence-electron chi connectivity index (χ3n) is 1.56. The molecule has 0 aromatic carbocycles. The summed E-state index contributed by atoms with van der Waals surface area (Å²) in [5, 5.41) is 9.20. The number of Topliss-reactive ketones (excluding diaryl/α,β-unsaturated/α-hetero) is 2. The molecule has 0 rings (SSSR count). The lowest BCUT2D eigenvalue weighted by molar-refractivity contribution is -0.176. The first-order chi connectivity index (χ1) is 6.19. The van der Waals surface area contributed by atoms with E-state index >= 15 is 0 Å². The van der Waals surface area contributed by atoms with E-state index in [1.807, 2.05) is 0 Å². The predicted octanol–water partition coefficient (Wildman–Crippen LogP) is -1.01. The fraction of sp³-hybridized carbons (Fsp3) is 0.500. The Balaban J connectivity index is 4.59. The molecular weight excluding hydrogens is 192 g/mol. The summed E-state index contributed by atoms with van der Waals surface area (Å²) in [4.78, 5) is 42.7. The molecule has 0 aliphatic rings. The average molecular weight is 202 g/mol. The summed E-state index contributed by atoms with van der Waals surface area (Å²) < 4.78 is 3.94. The van der Waals surface area contributed by atoms with E-state index in [0.29, 0.717) is 0 Å². The number of rotatable bonds is 3. The lowest BCUT2D eigenvalue weighted by Crippen LogP contribution is -2.44. The lowest BCUT2D eigenvalue weighted by atomic mass is 10.0. The summed E-state index contributed by atoms with van der Waals surface area (Å²) >= 11 is 0. The van der Waals surface area contributed by atoms with E-state index in [1.165, 1.54) is 0 Å². The van der Waals surface area contributed by atoms with Gasteiger partial charge in [0.2, 0.25) is 11.4 Å². The smallest absolute Gasteiger partial charge is 0.382 e. The van der Waals surface area contributed by atoms with Crippen LogP contribution in [-0.2, 0) is 23.9 Å². The van der Waals surface area contributed by atoms with E-state index in [1.54, 1.807) is 0 Å². The zero-order valence-corrected chi connectivity index (χ0v) is 7.99. The molecule has 78 valence electrons.